The summed E-state index contributed by atoms with van der Waals surface area (Å²) in [5, 5.41) is 25.0. The number of ether oxygens (including phenoxy) is 6. The van der Waals surface area contributed by atoms with E-state index in [-0.39, 0.29) is 24.7 Å². The van der Waals surface area contributed by atoms with Crippen molar-refractivity contribution in [3.8, 4) is 0 Å². The molecule has 3 rings (SSSR count). The van der Waals surface area contributed by atoms with E-state index in [1.54, 1.807) is 47.6 Å². The molecule has 0 radical (unpaired) electrons. The summed E-state index contributed by atoms with van der Waals surface area (Å²) >= 11 is 0. The van der Waals surface area contributed by atoms with Crippen molar-refractivity contribution in [1.29, 1.82) is 0 Å². The molecule has 4 N–H and O–H groups in total. The number of benzene rings is 1. The zero-order valence-corrected chi connectivity index (χ0v) is 35.1. The van der Waals surface area contributed by atoms with Gasteiger partial charge in [-0.15, -0.1) is 0 Å². The lowest BCUT2D eigenvalue weighted by Crippen LogP contribution is -2.78. The first-order valence-electron chi connectivity index (χ1n) is 19.6. The number of nitrogens with two attached hydrogens (primary N) is 1. The van der Waals surface area contributed by atoms with Crippen molar-refractivity contribution in [2.45, 2.75) is 161 Å². The quantitative estimate of drug-likeness (QED) is 0.0802. The molecule has 0 unspecified atom stereocenters. The van der Waals surface area contributed by atoms with Crippen LogP contribution in [0.15, 0.2) is 54.6 Å². The van der Waals surface area contributed by atoms with Crippen molar-refractivity contribution in [2.75, 3.05) is 6.54 Å². The Morgan fingerprint density at radius 3 is 2.12 bits per heavy atom. The lowest BCUT2D eigenvalue weighted by Gasteiger charge is -2.52. The van der Waals surface area contributed by atoms with Crippen molar-refractivity contribution in [3.05, 3.63) is 60.2 Å². The first-order chi connectivity index (χ1) is 25.9. The van der Waals surface area contributed by atoms with Crippen molar-refractivity contribution >= 4 is 23.9 Å². The Morgan fingerprint density at radius 1 is 1.00 bits per heavy atom. The molecule has 1 aromatic rings. The molecule has 0 spiro atoms. The van der Waals surface area contributed by atoms with Gasteiger partial charge in [0.05, 0.1) is 0 Å². The number of carbonyl (C=O) groups excluding carboxylic acids is 4. The molecule has 0 aliphatic carbocycles. The first kappa shape index (κ1) is 46.8. The van der Waals surface area contributed by atoms with E-state index in [0.717, 1.165) is 18.4 Å². The molecule has 2 bridgehead atoms. The summed E-state index contributed by atoms with van der Waals surface area (Å²) in [6, 6.07) is 9.63. The number of carbonyl (C=O) groups is 4. The van der Waals surface area contributed by atoms with E-state index in [4.69, 9.17) is 34.2 Å². The van der Waals surface area contributed by atoms with Crippen LogP contribution in [0.3, 0.4) is 0 Å². The van der Waals surface area contributed by atoms with Gasteiger partial charge in [-0.3, -0.25) is 4.79 Å². The van der Waals surface area contributed by atoms with Gasteiger partial charge >= 0.3 is 23.9 Å². The summed E-state index contributed by atoms with van der Waals surface area (Å²) in [7, 11) is 0. The molecule has 56 heavy (non-hydrogen) atoms. The molecule has 2 saturated heterocycles. The van der Waals surface area contributed by atoms with E-state index < -0.39 is 83.0 Å². The van der Waals surface area contributed by atoms with Gasteiger partial charge in [0.15, 0.2) is 6.10 Å². The Kier molecular flexibility index (Phi) is 15.3. The van der Waals surface area contributed by atoms with Crippen LogP contribution in [0.25, 0.3) is 0 Å². The average molecular weight is 788 g/mol. The van der Waals surface area contributed by atoms with Crippen LogP contribution in [0.4, 0.5) is 0 Å². The van der Waals surface area contributed by atoms with E-state index in [0.29, 0.717) is 17.9 Å². The highest BCUT2D eigenvalue weighted by molar-refractivity contribution is 5.96. The maximum absolute atomic E-state index is 14.7. The average Bonchev–Trinajstić information content (AvgIpc) is 3.30. The summed E-state index contributed by atoms with van der Waals surface area (Å²) in [6.45, 7) is 22.3. The Balaban J connectivity index is 2.17. The van der Waals surface area contributed by atoms with Crippen molar-refractivity contribution in [1.82, 2.24) is 0 Å². The van der Waals surface area contributed by atoms with Crippen molar-refractivity contribution < 1.29 is 57.8 Å². The minimum absolute atomic E-state index is 0.0195. The highest BCUT2D eigenvalue weighted by Gasteiger charge is 2.85. The SMILES string of the molecule is C=C(CC[C@]12O[C@H](CN)[C@@](O)(C(=O)OC(C)(C)C)[C@](C(=O)OC(C)(C)C)(O1)[C@H](OC(=O)/C=C/[C@@H](C)C[C@@H](C)CC)[C@H]2O)[C@@H](OC(C)=O)[C@H](C)Cc1ccccc1. The Bertz CT molecular complexity index is 1580. The van der Waals surface area contributed by atoms with Crippen LogP contribution in [-0.2, 0) is 54.0 Å². The first-order valence-corrected chi connectivity index (χ1v) is 19.6. The van der Waals surface area contributed by atoms with Gasteiger partial charge in [0.2, 0.25) is 17.0 Å². The predicted molar refractivity (Wildman–Crippen MR) is 209 cm³/mol. The molecule has 1 aromatic carbocycles. The smallest absolute Gasteiger partial charge is 0.347 e. The van der Waals surface area contributed by atoms with Crippen LogP contribution in [0.1, 0.15) is 107 Å². The standard InChI is InChI=1S/C43H65NO12/c1-13-26(2)23-27(3)19-20-33(46)52-36-35(47)41(22-21-28(4)34(51-30(6)45)29(5)24-31-17-15-14-16-18-31)53-32(25-44)42(50,37(48)54-39(7,8)9)43(36,56-41)38(49)55-40(10,11)12/h14-20,26-27,29,32,34-36,47,50H,4,13,21-25,44H2,1-3,5-12H3/b20-19+/t26-,27+,29+,32+,34+,35+,36+,41-,42+,43-/m0/s1. The van der Waals surface area contributed by atoms with Gasteiger partial charge in [0.1, 0.15) is 29.5 Å². The molecule has 0 saturated carbocycles. The second-order valence-corrected chi connectivity index (χ2v) is 17.5. The Morgan fingerprint density at radius 2 is 1.59 bits per heavy atom. The molecule has 0 amide bonds. The molecular weight excluding hydrogens is 722 g/mol. The summed E-state index contributed by atoms with van der Waals surface area (Å²) in [5.41, 5.74) is -0.855. The Labute approximate surface area is 332 Å². The van der Waals surface area contributed by atoms with Gasteiger partial charge in [-0.2, -0.15) is 0 Å². The van der Waals surface area contributed by atoms with Crippen LogP contribution in [-0.4, -0.2) is 93.2 Å². The zero-order chi connectivity index (χ0) is 42.4. The predicted octanol–water partition coefficient (Wildman–Crippen LogP) is 5.27. The third-order valence-corrected chi connectivity index (χ3v) is 10.2. The van der Waals surface area contributed by atoms with Crippen LogP contribution < -0.4 is 5.73 Å². The fourth-order valence-electron chi connectivity index (χ4n) is 7.37. The van der Waals surface area contributed by atoms with E-state index in [9.17, 15) is 29.4 Å². The van der Waals surface area contributed by atoms with Crippen molar-refractivity contribution in [3.63, 3.8) is 0 Å². The van der Waals surface area contributed by atoms with Crippen LogP contribution in [0.2, 0.25) is 0 Å². The highest BCUT2D eigenvalue weighted by Crippen LogP contribution is 2.57. The third kappa shape index (κ3) is 10.7. The highest BCUT2D eigenvalue weighted by atomic mass is 16.8. The fraction of sp³-hybridized carbons (Fsp3) is 0.674. The number of rotatable bonds is 17. The summed E-state index contributed by atoms with van der Waals surface area (Å²) in [4.78, 5) is 54.9. The number of hydrogen-bond acceptors (Lipinski definition) is 13. The fourth-order valence-corrected chi connectivity index (χ4v) is 7.37. The molecule has 2 fully saturated rings. The van der Waals surface area contributed by atoms with Crippen LogP contribution >= 0.6 is 0 Å². The van der Waals surface area contributed by atoms with Gasteiger partial charge < -0.3 is 44.4 Å². The molecule has 13 nitrogen and oxygen atoms in total. The largest absolute Gasteiger partial charge is 0.458 e. The number of aliphatic hydroxyl groups excluding tert-OH is 1. The number of esters is 4. The number of aliphatic hydroxyl groups is 2. The molecular formula is C43H65NO12. The number of allylic oxidation sites excluding steroid dienone is 1. The topological polar surface area (TPSA) is 190 Å². The van der Waals surface area contributed by atoms with E-state index >= 15 is 0 Å². The maximum Gasteiger partial charge on any atom is 0.347 e. The van der Waals surface area contributed by atoms with Gasteiger partial charge in [0.25, 0.3) is 0 Å². The molecule has 0 aromatic heterocycles. The van der Waals surface area contributed by atoms with Crippen molar-refractivity contribution in [2.24, 2.45) is 23.5 Å². The molecule has 2 aliphatic rings. The summed E-state index contributed by atoms with van der Waals surface area (Å²) in [5.74, 6) is -6.33. The molecule has 2 heterocycles. The van der Waals surface area contributed by atoms with E-state index in [2.05, 4.69) is 20.4 Å². The lowest BCUT2D eigenvalue weighted by atomic mass is 9.74. The van der Waals surface area contributed by atoms with Gasteiger partial charge in [-0.25, -0.2) is 14.4 Å². The van der Waals surface area contributed by atoms with E-state index in [1.807, 2.05) is 44.2 Å². The second-order valence-electron chi connectivity index (χ2n) is 17.5. The normalized spacial score (nSPS) is 28.5. The summed E-state index contributed by atoms with van der Waals surface area (Å²) < 4.78 is 35.8. The van der Waals surface area contributed by atoms with Gasteiger partial charge in [0, 0.05) is 31.9 Å². The number of fused-ring (bicyclic) bond motifs is 2. The van der Waals surface area contributed by atoms with Gasteiger partial charge in [-0.1, -0.05) is 77.1 Å². The minimum atomic E-state index is -3.11. The second kappa shape index (κ2) is 18.3. The lowest BCUT2D eigenvalue weighted by molar-refractivity contribution is -0.380. The monoisotopic (exact) mass is 787 g/mol. The molecule has 13 heteroatoms. The Hall–Kier alpha value is -3.62. The zero-order valence-electron chi connectivity index (χ0n) is 35.1. The van der Waals surface area contributed by atoms with Gasteiger partial charge in [-0.05, 0) is 83.8 Å². The molecule has 314 valence electrons. The number of hydrogen-bond donors (Lipinski definition) is 3. The molecule has 2 aliphatic heterocycles. The minimum Gasteiger partial charge on any atom is -0.458 e. The van der Waals surface area contributed by atoms with Crippen LogP contribution in [0.5, 0.6) is 0 Å². The van der Waals surface area contributed by atoms with E-state index in [1.165, 1.54) is 13.0 Å². The third-order valence-electron chi connectivity index (χ3n) is 10.2. The van der Waals surface area contributed by atoms with Crippen LogP contribution in [0, 0.1) is 17.8 Å². The maximum atomic E-state index is 14.7. The molecule has 10 atom stereocenters. The summed E-state index contributed by atoms with van der Waals surface area (Å²) in [6.07, 6.45) is -1.83.